The fourth-order valence-corrected chi connectivity index (χ4v) is 2.35. The molecule has 0 unspecified atom stereocenters. The number of anilines is 1. The van der Waals surface area contributed by atoms with Crippen molar-refractivity contribution in [3.63, 3.8) is 0 Å². The van der Waals surface area contributed by atoms with Crippen molar-refractivity contribution in [2.45, 2.75) is 20.4 Å². The van der Waals surface area contributed by atoms with Crippen LogP contribution in [-0.2, 0) is 6.54 Å². The second-order valence-electron chi connectivity index (χ2n) is 5.34. The normalized spacial score (nSPS) is 9.88. The second kappa shape index (κ2) is 7.93. The van der Waals surface area contributed by atoms with E-state index in [-0.39, 0.29) is 11.7 Å². The van der Waals surface area contributed by atoms with Gasteiger partial charge in [-0.3, -0.25) is 9.59 Å². The van der Waals surface area contributed by atoms with Crippen LogP contribution in [0.25, 0.3) is 0 Å². The Morgan fingerprint density at radius 3 is 2.62 bits per heavy atom. The summed E-state index contributed by atoms with van der Waals surface area (Å²) in [4.78, 5) is 23.6. The van der Waals surface area contributed by atoms with E-state index in [2.05, 4.69) is 16.7 Å². The van der Waals surface area contributed by atoms with Crippen LogP contribution in [0.4, 0.5) is 5.69 Å². The number of rotatable bonds is 6. The molecule has 0 bridgehead atoms. The third-order valence-electron chi connectivity index (χ3n) is 3.54. The average Bonchev–Trinajstić information content (AvgIpc) is 2.60. The van der Waals surface area contributed by atoms with Crippen molar-refractivity contribution in [2.75, 3.05) is 11.9 Å². The molecule has 2 aromatic rings. The highest BCUT2D eigenvalue weighted by Crippen LogP contribution is 2.19. The van der Waals surface area contributed by atoms with Crippen molar-refractivity contribution in [1.29, 1.82) is 5.26 Å². The van der Waals surface area contributed by atoms with E-state index in [1.165, 1.54) is 6.92 Å². The van der Waals surface area contributed by atoms with Gasteiger partial charge in [0.15, 0.2) is 5.78 Å². The van der Waals surface area contributed by atoms with Crippen LogP contribution in [0.2, 0.25) is 0 Å². The molecule has 0 aliphatic carbocycles. The minimum atomic E-state index is -0.116. The molecule has 0 aromatic heterocycles. The minimum Gasteiger partial charge on any atom is -0.380 e. The number of nitrogens with one attached hydrogen (secondary N) is 2. The minimum absolute atomic E-state index is 0.0712. The molecule has 0 saturated carbocycles. The van der Waals surface area contributed by atoms with Crippen LogP contribution in [0.3, 0.4) is 0 Å². The lowest BCUT2D eigenvalue weighted by atomic mass is 10.1. The van der Waals surface area contributed by atoms with Crippen LogP contribution in [0.15, 0.2) is 42.5 Å². The Morgan fingerprint density at radius 2 is 1.96 bits per heavy atom. The third kappa shape index (κ3) is 4.20. The fraction of sp³-hybridized carbons (Fsp3) is 0.211. The highest BCUT2D eigenvalue weighted by atomic mass is 16.1. The molecular weight excluding hydrogens is 302 g/mol. The van der Waals surface area contributed by atoms with Gasteiger partial charge in [0.2, 0.25) is 0 Å². The lowest BCUT2D eigenvalue weighted by Crippen LogP contribution is -2.22. The van der Waals surface area contributed by atoms with Gasteiger partial charge in [-0.2, -0.15) is 5.26 Å². The van der Waals surface area contributed by atoms with Gasteiger partial charge in [-0.05, 0) is 49.7 Å². The zero-order valence-corrected chi connectivity index (χ0v) is 13.7. The maximum absolute atomic E-state index is 11.9. The Kier molecular flexibility index (Phi) is 5.69. The zero-order chi connectivity index (χ0) is 17.5. The summed E-state index contributed by atoms with van der Waals surface area (Å²) < 4.78 is 0. The maximum atomic E-state index is 11.9. The van der Waals surface area contributed by atoms with Gasteiger partial charge in [-0.1, -0.05) is 12.1 Å². The predicted octanol–water partition coefficient (Wildman–Crippen LogP) is 3.12. The summed E-state index contributed by atoms with van der Waals surface area (Å²) in [5, 5.41) is 15.0. The molecule has 2 aromatic carbocycles. The van der Waals surface area contributed by atoms with Crippen LogP contribution in [0.1, 0.15) is 45.7 Å². The average molecular weight is 321 g/mol. The van der Waals surface area contributed by atoms with Gasteiger partial charge in [-0.25, -0.2) is 0 Å². The summed E-state index contributed by atoms with van der Waals surface area (Å²) in [5.74, 6) is -0.187. The molecule has 0 spiro atoms. The Bertz CT molecular complexity index is 806. The quantitative estimate of drug-likeness (QED) is 0.801. The second-order valence-corrected chi connectivity index (χ2v) is 5.34. The van der Waals surface area contributed by atoms with Crippen LogP contribution >= 0.6 is 0 Å². The summed E-state index contributed by atoms with van der Waals surface area (Å²) in [6, 6.07) is 14.3. The molecule has 24 heavy (non-hydrogen) atoms. The van der Waals surface area contributed by atoms with E-state index in [9.17, 15) is 9.59 Å². The molecule has 0 atom stereocenters. The van der Waals surface area contributed by atoms with E-state index in [0.717, 1.165) is 5.56 Å². The molecule has 0 heterocycles. The third-order valence-corrected chi connectivity index (χ3v) is 3.54. The molecular formula is C19H19N3O2. The molecule has 0 fully saturated rings. The molecule has 2 N–H and O–H groups in total. The molecule has 5 nitrogen and oxygen atoms in total. The Labute approximate surface area is 141 Å². The Hall–Kier alpha value is -3.13. The van der Waals surface area contributed by atoms with E-state index < -0.39 is 0 Å². The van der Waals surface area contributed by atoms with E-state index >= 15 is 0 Å². The van der Waals surface area contributed by atoms with E-state index in [1.54, 1.807) is 30.3 Å². The number of carbonyl (C=O) groups is 2. The fourth-order valence-electron chi connectivity index (χ4n) is 2.35. The predicted molar refractivity (Wildman–Crippen MR) is 92.9 cm³/mol. The monoisotopic (exact) mass is 321 g/mol. The number of hydrogen-bond donors (Lipinski definition) is 2. The van der Waals surface area contributed by atoms with Crippen molar-refractivity contribution in [3.05, 3.63) is 64.7 Å². The van der Waals surface area contributed by atoms with Crippen molar-refractivity contribution in [2.24, 2.45) is 0 Å². The standard InChI is InChI=1S/C19H19N3O2/c1-3-21-19(24)16-6-4-5-15(9-16)12-22-18-10-14(11-20)7-8-17(18)13(2)23/h4-10,22H,3,12H2,1-2H3,(H,21,24). The van der Waals surface area contributed by atoms with Crippen LogP contribution in [0.5, 0.6) is 0 Å². The number of benzene rings is 2. The van der Waals surface area contributed by atoms with Gasteiger partial charge in [0.05, 0.1) is 11.6 Å². The number of ketones is 1. The zero-order valence-electron chi connectivity index (χ0n) is 13.7. The molecule has 0 aliphatic rings. The topological polar surface area (TPSA) is 82.0 Å². The number of nitrogens with zero attached hydrogens (tertiary/aromatic N) is 1. The highest BCUT2D eigenvalue weighted by molar-refractivity contribution is 5.99. The molecule has 0 aliphatic heterocycles. The molecule has 1 amide bonds. The van der Waals surface area contributed by atoms with Crippen molar-refractivity contribution < 1.29 is 9.59 Å². The number of carbonyl (C=O) groups excluding carboxylic acids is 2. The molecule has 5 heteroatoms. The first-order valence-electron chi connectivity index (χ1n) is 7.71. The first-order valence-corrected chi connectivity index (χ1v) is 7.71. The van der Waals surface area contributed by atoms with Crippen LogP contribution in [-0.4, -0.2) is 18.2 Å². The smallest absolute Gasteiger partial charge is 0.251 e. The van der Waals surface area contributed by atoms with Gasteiger partial charge in [0, 0.05) is 29.9 Å². The summed E-state index contributed by atoms with van der Waals surface area (Å²) in [6.07, 6.45) is 0. The molecule has 122 valence electrons. The number of Topliss-reactive ketones (excluding diaryl/α,β-unsaturated/α-hetero) is 1. The Balaban J connectivity index is 2.19. The lowest BCUT2D eigenvalue weighted by Gasteiger charge is -2.11. The first-order chi connectivity index (χ1) is 11.5. The Morgan fingerprint density at radius 1 is 1.17 bits per heavy atom. The van der Waals surface area contributed by atoms with Crippen molar-refractivity contribution in [3.8, 4) is 6.07 Å². The SMILES string of the molecule is CCNC(=O)c1cccc(CNc2cc(C#N)ccc2C(C)=O)c1. The molecule has 2 rings (SSSR count). The summed E-state index contributed by atoms with van der Waals surface area (Å²) in [7, 11) is 0. The largest absolute Gasteiger partial charge is 0.380 e. The first kappa shape index (κ1) is 17.2. The van der Waals surface area contributed by atoms with E-state index in [4.69, 9.17) is 5.26 Å². The number of hydrogen-bond acceptors (Lipinski definition) is 4. The highest BCUT2D eigenvalue weighted by Gasteiger charge is 2.09. The number of nitriles is 1. The molecule has 0 radical (unpaired) electrons. The molecule has 0 saturated heterocycles. The van der Waals surface area contributed by atoms with Gasteiger partial charge in [0.25, 0.3) is 5.91 Å². The van der Waals surface area contributed by atoms with E-state index in [1.807, 2.05) is 19.1 Å². The summed E-state index contributed by atoms with van der Waals surface area (Å²) in [5.41, 5.74) is 3.14. The van der Waals surface area contributed by atoms with Gasteiger partial charge >= 0.3 is 0 Å². The van der Waals surface area contributed by atoms with Crippen molar-refractivity contribution in [1.82, 2.24) is 5.32 Å². The summed E-state index contributed by atoms with van der Waals surface area (Å²) in [6.45, 7) is 4.38. The van der Waals surface area contributed by atoms with Crippen LogP contribution < -0.4 is 10.6 Å². The lowest BCUT2D eigenvalue weighted by molar-refractivity contribution is 0.0954. The van der Waals surface area contributed by atoms with Gasteiger partial charge in [0.1, 0.15) is 0 Å². The van der Waals surface area contributed by atoms with Crippen molar-refractivity contribution >= 4 is 17.4 Å². The summed E-state index contributed by atoms with van der Waals surface area (Å²) >= 11 is 0. The van der Waals surface area contributed by atoms with Crippen LogP contribution in [0, 0.1) is 11.3 Å². The number of amides is 1. The van der Waals surface area contributed by atoms with E-state index in [0.29, 0.717) is 35.5 Å². The van der Waals surface area contributed by atoms with Gasteiger partial charge < -0.3 is 10.6 Å². The maximum Gasteiger partial charge on any atom is 0.251 e. The van der Waals surface area contributed by atoms with Gasteiger partial charge in [-0.15, -0.1) is 0 Å².